The van der Waals surface area contributed by atoms with Crippen LogP contribution in [0.2, 0.25) is 0 Å². The van der Waals surface area contributed by atoms with Crippen molar-refractivity contribution in [2.24, 2.45) is 0 Å². The van der Waals surface area contributed by atoms with Crippen LogP contribution in [0.1, 0.15) is 17.8 Å². The summed E-state index contributed by atoms with van der Waals surface area (Å²) < 4.78 is 63.9. The van der Waals surface area contributed by atoms with E-state index in [1.165, 1.54) is 11.0 Å². The molecule has 33 heavy (non-hydrogen) atoms. The van der Waals surface area contributed by atoms with Gasteiger partial charge in [-0.3, -0.25) is 4.79 Å². The van der Waals surface area contributed by atoms with Gasteiger partial charge in [-0.1, -0.05) is 60.3 Å². The molecule has 3 aromatic rings. The van der Waals surface area contributed by atoms with Gasteiger partial charge < -0.3 is 4.90 Å². The molecule has 1 amide bonds. The predicted molar refractivity (Wildman–Crippen MR) is 119 cm³/mol. The van der Waals surface area contributed by atoms with Crippen molar-refractivity contribution in [2.45, 2.75) is 30.2 Å². The van der Waals surface area contributed by atoms with Gasteiger partial charge in [-0.05, 0) is 18.1 Å². The zero-order chi connectivity index (χ0) is 23.6. The van der Waals surface area contributed by atoms with E-state index in [1.54, 1.807) is 18.2 Å². The van der Waals surface area contributed by atoms with Gasteiger partial charge in [0.25, 0.3) is 0 Å². The maximum Gasteiger partial charge on any atom is 0.451 e. The first-order chi connectivity index (χ1) is 15.6. The minimum atomic E-state index is -4.72. The summed E-state index contributed by atoms with van der Waals surface area (Å²) in [6.45, 7) is 0.221. The lowest BCUT2D eigenvalue weighted by atomic mass is 10.1. The Morgan fingerprint density at radius 3 is 2.42 bits per heavy atom. The summed E-state index contributed by atoms with van der Waals surface area (Å²) in [4.78, 5) is 22.0. The normalized spacial score (nSPS) is 17.8. The number of hydrogen-bond donors (Lipinski definition) is 0. The van der Waals surface area contributed by atoms with Crippen molar-refractivity contribution in [3.8, 4) is 0 Å². The number of amides is 1. The number of sulfone groups is 1. The maximum absolute atomic E-state index is 13.3. The van der Waals surface area contributed by atoms with Crippen LogP contribution in [0.25, 0.3) is 10.9 Å². The third-order valence-electron chi connectivity index (χ3n) is 5.32. The minimum absolute atomic E-state index is 0.00880. The monoisotopic (exact) mass is 495 g/mol. The second-order valence-electron chi connectivity index (χ2n) is 7.72. The van der Waals surface area contributed by atoms with E-state index in [2.05, 4.69) is 9.97 Å². The third-order valence-corrected chi connectivity index (χ3v) is 8.05. The van der Waals surface area contributed by atoms with Gasteiger partial charge in [0.1, 0.15) is 5.03 Å². The van der Waals surface area contributed by atoms with Gasteiger partial charge in [0.15, 0.2) is 9.84 Å². The molecule has 1 fully saturated rings. The molecule has 1 saturated heterocycles. The largest absolute Gasteiger partial charge is 0.451 e. The molecular weight excluding hydrogens is 475 g/mol. The molecule has 11 heteroatoms. The van der Waals surface area contributed by atoms with E-state index in [0.29, 0.717) is 11.8 Å². The molecule has 1 aromatic heterocycles. The van der Waals surface area contributed by atoms with Crippen LogP contribution < -0.4 is 0 Å². The number of thioether (sulfide) groups is 1. The van der Waals surface area contributed by atoms with Crippen molar-refractivity contribution in [1.82, 2.24) is 14.9 Å². The van der Waals surface area contributed by atoms with Gasteiger partial charge in [0, 0.05) is 18.0 Å². The molecule has 0 spiro atoms. The summed E-state index contributed by atoms with van der Waals surface area (Å²) in [5.41, 5.74) is 0.977. The number of para-hydroxylation sites is 1. The van der Waals surface area contributed by atoms with Gasteiger partial charge in [-0.15, -0.1) is 0 Å². The summed E-state index contributed by atoms with van der Waals surface area (Å²) in [6, 6.07) is 15.0. The molecule has 2 heterocycles. The van der Waals surface area contributed by atoms with E-state index >= 15 is 0 Å². The Labute approximate surface area is 193 Å². The first-order valence-electron chi connectivity index (χ1n) is 10.1. The molecule has 174 valence electrons. The number of hydrogen-bond acceptors (Lipinski definition) is 6. The Balaban J connectivity index is 1.59. The van der Waals surface area contributed by atoms with Gasteiger partial charge in [-0.2, -0.15) is 13.2 Å². The fraction of sp³-hybridized carbons (Fsp3) is 0.318. The summed E-state index contributed by atoms with van der Waals surface area (Å²) >= 11 is 0.894. The number of carbonyl (C=O) groups excluding carboxylic acids is 1. The molecule has 1 aliphatic heterocycles. The lowest BCUT2D eigenvalue weighted by molar-refractivity contribution is -0.145. The van der Waals surface area contributed by atoms with Crippen molar-refractivity contribution in [1.29, 1.82) is 0 Å². The van der Waals surface area contributed by atoms with E-state index in [0.717, 1.165) is 17.3 Å². The fourth-order valence-electron chi connectivity index (χ4n) is 3.72. The topological polar surface area (TPSA) is 80.2 Å². The van der Waals surface area contributed by atoms with Crippen LogP contribution in [0.15, 0.2) is 59.6 Å². The molecule has 1 aliphatic rings. The van der Waals surface area contributed by atoms with E-state index in [4.69, 9.17) is 0 Å². The molecule has 0 aliphatic carbocycles. The van der Waals surface area contributed by atoms with E-state index in [9.17, 15) is 26.4 Å². The minimum Gasteiger partial charge on any atom is -0.334 e. The number of alkyl halides is 3. The van der Waals surface area contributed by atoms with Gasteiger partial charge in [0.2, 0.25) is 11.7 Å². The van der Waals surface area contributed by atoms with Crippen molar-refractivity contribution in [3.63, 3.8) is 0 Å². The van der Waals surface area contributed by atoms with Gasteiger partial charge in [-0.25, -0.2) is 18.4 Å². The van der Waals surface area contributed by atoms with E-state index < -0.39 is 27.9 Å². The van der Waals surface area contributed by atoms with E-state index in [-0.39, 0.29) is 40.3 Å². The number of fused-ring (bicyclic) bond motifs is 1. The third kappa shape index (κ3) is 5.64. The Morgan fingerprint density at radius 2 is 1.76 bits per heavy atom. The lowest BCUT2D eigenvalue weighted by Gasteiger charge is -2.28. The lowest BCUT2D eigenvalue weighted by Crippen LogP contribution is -2.41. The summed E-state index contributed by atoms with van der Waals surface area (Å²) in [7, 11) is -3.23. The smallest absolute Gasteiger partial charge is 0.334 e. The molecule has 1 atom stereocenters. The highest BCUT2D eigenvalue weighted by molar-refractivity contribution is 8.00. The predicted octanol–water partition coefficient (Wildman–Crippen LogP) is 3.96. The van der Waals surface area contributed by atoms with Crippen molar-refractivity contribution in [3.05, 3.63) is 66.0 Å². The average Bonchev–Trinajstić information content (AvgIpc) is 3.14. The molecule has 0 N–H and O–H groups in total. The summed E-state index contributed by atoms with van der Waals surface area (Å²) in [5, 5.41) is 0.473. The Hall–Kier alpha value is -2.66. The second kappa shape index (κ2) is 9.30. The maximum atomic E-state index is 13.3. The molecule has 0 radical (unpaired) electrons. The molecule has 4 rings (SSSR count). The molecule has 2 aromatic carbocycles. The number of rotatable bonds is 6. The highest BCUT2D eigenvalue weighted by Gasteiger charge is 2.36. The van der Waals surface area contributed by atoms with Crippen LogP contribution in [0.3, 0.4) is 0 Å². The van der Waals surface area contributed by atoms with Crippen molar-refractivity contribution in [2.75, 3.05) is 17.3 Å². The number of halogens is 3. The first kappa shape index (κ1) is 23.5. The average molecular weight is 496 g/mol. The van der Waals surface area contributed by atoms with Crippen molar-refractivity contribution >= 4 is 38.4 Å². The molecule has 0 saturated carbocycles. The molecule has 6 nitrogen and oxygen atoms in total. The van der Waals surface area contributed by atoms with Crippen LogP contribution in [-0.4, -0.2) is 52.5 Å². The number of carbonyl (C=O) groups is 1. The SMILES string of the molecule is O=C(CSc1nc(C(F)(F)F)nc2ccccc12)N(Cc1ccccc1)[C@H]1CCS(=O)(=O)C1. The first-order valence-corrected chi connectivity index (χ1v) is 12.9. The zero-order valence-electron chi connectivity index (χ0n) is 17.3. The van der Waals surface area contributed by atoms with E-state index in [1.807, 2.05) is 30.3 Å². The fourth-order valence-corrected chi connectivity index (χ4v) is 6.36. The molecular formula is C22H20F3N3O3S2. The number of aromatic nitrogens is 2. The summed E-state index contributed by atoms with van der Waals surface area (Å²) in [6.07, 6.45) is -4.39. The van der Waals surface area contributed by atoms with Crippen LogP contribution in [-0.2, 0) is 27.4 Å². The summed E-state index contributed by atoms with van der Waals surface area (Å²) in [5.74, 6) is -1.91. The quantitative estimate of drug-likeness (QED) is 0.381. The number of benzene rings is 2. The highest BCUT2D eigenvalue weighted by atomic mass is 32.2. The Kier molecular flexibility index (Phi) is 6.62. The Bertz CT molecular complexity index is 1270. The van der Waals surface area contributed by atoms with Crippen molar-refractivity contribution < 1.29 is 26.4 Å². The second-order valence-corrected chi connectivity index (χ2v) is 10.9. The highest BCUT2D eigenvalue weighted by Crippen LogP contribution is 2.32. The van der Waals surface area contributed by atoms with Crippen LogP contribution in [0, 0.1) is 0 Å². The zero-order valence-corrected chi connectivity index (χ0v) is 19.0. The van der Waals surface area contributed by atoms with Gasteiger partial charge in [0.05, 0.1) is 22.8 Å². The van der Waals surface area contributed by atoms with Gasteiger partial charge >= 0.3 is 6.18 Å². The Morgan fingerprint density at radius 1 is 1.06 bits per heavy atom. The number of nitrogens with zero attached hydrogens (tertiary/aromatic N) is 3. The van der Waals surface area contributed by atoms with Crippen LogP contribution >= 0.6 is 11.8 Å². The van der Waals surface area contributed by atoms with Crippen LogP contribution in [0.4, 0.5) is 13.2 Å². The molecule has 0 bridgehead atoms. The standard InChI is InChI=1S/C22H20F3N3O3S2/c23-22(24,25)21-26-18-9-5-4-8-17(18)20(27-21)32-13-19(29)28(12-15-6-2-1-3-7-15)16-10-11-33(30,31)14-16/h1-9,16H,10-14H2/t16-/m0/s1. The van der Waals surface area contributed by atoms with Crippen LogP contribution in [0.5, 0.6) is 0 Å². The molecule has 0 unspecified atom stereocenters.